The summed E-state index contributed by atoms with van der Waals surface area (Å²) >= 11 is 0.828. The van der Waals surface area contributed by atoms with Gasteiger partial charge in [0.25, 0.3) is 5.91 Å². The Balaban J connectivity index is 2.43. The number of carbonyl (C=O) groups is 3. The van der Waals surface area contributed by atoms with Crippen molar-refractivity contribution >= 4 is 34.2 Å². The number of esters is 2. The molecule has 6 nitrogen and oxygen atoms in total. The molecule has 1 amide bonds. The number of amides is 1. The van der Waals surface area contributed by atoms with Gasteiger partial charge in [0.15, 0.2) is 11.6 Å². The van der Waals surface area contributed by atoms with Gasteiger partial charge in [-0.15, -0.1) is 11.3 Å². The van der Waals surface area contributed by atoms with Gasteiger partial charge in [-0.3, -0.25) is 4.79 Å². The third-order valence-electron chi connectivity index (χ3n) is 3.41. The molecule has 2 rings (SSSR count). The number of thiophene rings is 1. The van der Waals surface area contributed by atoms with E-state index < -0.39 is 29.5 Å². The van der Waals surface area contributed by atoms with E-state index in [4.69, 9.17) is 4.74 Å². The minimum atomic E-state index is -1.18. The van der Waals surface area contributed by atoms with Crippen molar-refractivity contribution in [1.82, 2.24) is 0 Å². The summed E-state index contributed by atoms with van der Waals surface area (Å²) in [5, 5.41) is 2.49. The number of hydrogen-bond acceptors (Lipinski definition) is 6. The molecule has 2 aromatic rings. The lowest BCUT2D eigenvalue weighted by atomic mass is 10.1. The second-order valence-electron chi connectivity index (χ2n) is 5.06. The van der Waals surface area contributed by atoms with Crippen LogP contribution in [0.25, 0.3) is 0 Å². The Morgan fingerprint density at radius 3 is 2.42 bits per heavy atom. The molecule has 138 valence electrons. The standard InChI is InChI=1S/C17H15F2NO5S/c1-4-25-16(22)12-8(2)13(17(23)24-3)26-15(12)20-14(21)9-5-6-10(18)11(19)7-9/h5-7H,4H2,1-3H3,(H,20,21). The number of halogens is 2. The van der Waals surface area contributed by atoms with E-state index in [1.165, 1.54) is 14.0 Å². The van der Waals surface area contributed by atoms with Gasteiger partial charge in [0, 0.05) is 5.56 Å². The van der Waals surface area contributed by atoms with E-state index in [9.17, 15) is 23.2 Å². The predicted molar refractivity (Wildman–Crippen MR) is 90.7 cm³/mol. The van der Waals surface area contributed by atoms with Gasteiger partial charge in [0.05, 0.1) is 19.3 Å². The molecule has 9 heteroatoms. The smallest absolute Gasteiger partial charge is 0.348 e. The maximum Gasteiger partial charge on any atom is 0.348 e. The van der Waals surface area contributed by atoms with Crippen LogP contribution >= 0.6 is 11.3 Å². The summed E-state index contributed by atoms with van der Waals surface area (Å²) in [6, 6.07) is 2.64. The highest BCUT2D eigenvalue weighted by molar-refractivity contribution is 7.18. The van der Waals surface area contributed by atoms with E-state index in [0.29, 0.717) is 5.56 Å². The SMILES string of the molecule is CCOC(=O)c1c(NC(=O)c2ccc(F)c(F)c2)sc(C(=O)OC)c1C. The molecular weight excluding hydrogens is 368 g/mol. The zero-order valence-corrected chi connectivity index (χ0v) is 15.0. The fourth-order valence-electron chi connectivity index (χ4n) is 2.15. The highest BCUT2D eigenvalue weighted by Crippen LogP contribution is 2.34. The first-order valence-corrected chi connectivity index (χ1v) is 8.27. The molecule has 0 atom stereocenters. The van der Waals surface area contributed by atoms with Crippen LogP contribution in [0, 0.1) is 18.6 Å². The largest absolute Gasteiger partial charge is 0.465 e. The normalized spacial score (nSPS) is 10.3. The van der Waals surface area contributed by atoms with Crippen molar-refractivity contribution in [2.45, 2.75) is 13.8 Å². The lowest BCUT2D eigenvalue weighted by Gasteiger charge is -2.07. The first kappa shape index (κ1) is 19.5. The van der Waals surface area contributed by atoms with Crippen molar-refractivity contribution in [3.63, 3.8) is 0 Å². The van der Waals surface area contributed by atoms with Crippen molar-refractivity contribution in [2.24, 2.45) is 0 Å². The zero-order chi connectivity index (χ0) is 19.4. The lowest BCUT2D eigenvalue weighted by molar-refractivity contribution is 0.0527. The van der Waals surface area contributed by atoms with Crippen molar-refractivity contribution in [3.05, 3.63) is 51.4 Å². The molecule has 0 spiro atoms. The number of benzene rings is 1. The fraction of sp³-hybridized carbons (Fsp3) is 0.235. The number of methoxy groups -OCH3 is 1. The fourth-order valence-corrected chi connectivity index (χ4v) is 3.26. The number of nitrogens with one attached hydrogen (secondary N) is 1. The molecule has 26 heavy (non-hydrogen) atoms. The van der Waals surface area contributed by atoms with Gasteiger partial charge in [-0.05, 0) is 37.6 Å². The Morgan fingerprint density at radius 2 is 1.85 bits per heavy atom. The molecule has 0 unspecified atom stereocenters. The highest BCUT2D eigenvalue weighted by atomic mass is 32.1. The quantitative estimate of drug-likeness (QED) is 0.799. The van der Waals surface area contributed by atoms with E-state index >= 15 is 0 Å². The van der Waals surface area contributed by atoms with Crippen molar-refractivity contribution in [2.75, 3.05) is 19.0 Å². The number of carbonyl (C=O) groups excluding carboxylic acids is 3. The number of anilines is 1. The predicted octanol–water partition coefficient (Wildman–Crippen LogP) is 3.55. The van der Waals surface area contributed by atoms with E-state index in [-0.39, 0.29) is 27.6 Å². The molecular formula is C17H15F2NO5S. The summed E-state index contributed by atoms with van der Waals surface area (Å²) < 4.78 is 35.9. The average molecular weight is 383 g/mol. The number of ether oxygens (including phenoxy) is 2. The lowest BCUT2D eigenvalue weighted by Crippen LogP contribution is -2.15. The summed E-state index contributed by atoms with van der Waals surface area (Å²) in [7, 11) is 1.19. The van der Waals surface area contributed by atoms with Crippen LogP contribution in [0.4, 0.5) is 13.8 Å². The molecule has 0 saturated carbocycles. The van der Waals surface area contributed by atoms with Gasteiger partial charge in [0.1, 0.15) is 9.88 Å². The topological polar surface area (TPSA) is 81.7 Å². The van der Waals surface area contributed by atoms with Crippen LogP contribution in [0.2, 0.25) is 0 Å². The van der Waals surface area contributed by atoms with E-state index in [1.54, 1.807) is 6.92 Å². The molecule has 0 radical (unpaired) electrons. The van der Waals surface area contributed by atoms with Crippen molar-refractivity contribution in [1.29, 1.82) is 0 Å². The van der Waals surface area contributed by atoms with Crippen molar-refractivity contribution < 1.29 is 32.6 Å². The molecule has 0 aliphatic carbocycles. The van der Waals surface area contributed by atoms with Gasteiger partial charge in [-0.25, -0.2) is 18.4 Å². The van der Waals surface area contributed by atoms with Gasteiger partial charge < -0.3 is 14.8 Å². The second-order valence-corrected chi connectivity index (χ2v) is 6.08. The summed E-state index contributed by atoms with van der Waals surface area (Å²) in [5.41, 5.74) is 0.151. The zero-order valence-electron chi connectivity index (χ0n) is 14.1. The minimum Gasteiger partial charge on any atom is -0.465 e. The Labute approximate surface area is 151 Å². The van der Waals surface area contributed by atoms with E-state index in [1.807, 2.05) is 0 Å². The van der Waals surface area contributed by atoms with Gasteiger partial charge in [-0.2, -0.15) is 0 Å². The molecule has 0 aliphatic heterocycles. The molecule has 1 aromatic heterocycles. The van der Waals surface area contributed by atoms with Crippen molar-refractivity contribution in [3.8, 4) is 0 Å². The van der Waals surface area contributed by atoms with Gasteiger partial charge >= 0.3 is 11.9 Å². The molecule has 1 aromatic carbocycles. The monoisotopic (exact) mass is 383 g/mol. The third kappa shape index (κ3) is 3.88. The van der Waals surface area contributed by atoms with Crippen LogP contribution in [0.5, 0.6) is 0 Å². The van der Waals surface area contributed by atoms with Crippen LogP contribution in [0.15, 0.2) is 18.2 Å². The minimum absolute atomic E-state index is 0.00758. The van der Waals surface area contributed by atoms with Crippen LogP contribution in [-0.2, 0) is 9.47 Å². The third-order valence-corrected chi connectivity index (χ3v) is 4.59. The molecule has 1 N–H and O–H groups in total. The highest BCUT2D eigenvalue weighted by Gasteiger charge is 2.27. The van der Waals surface area contributed by atoms with E-state index in [2.05, 4.69) is 10.1 Å². The summed E-state index contributed by atoms with van der Waals surface area (Å²) in [6.45, 7) is 3.22. The Kier molecular flexibility index (Phi) is 6.04. The molecule has 0 bridgehead atoms. The number of hydrogen-bond donors (Lipinski definition) is 1. The molecule has 0 aliphatic rings. The molecule has 0 fully saturated rings. The average Bonchev–Trinajstić information content (AvgIpc) is 2.92. The first-order chi connectivity index (χ1) is 12.3. The second kappa shape index (κ2) is 8.05. The summed E-state index contributed by atoms with van der Waals surface area (Å²) in [4.78, 5) is 36.5. The maximum absolute atomic E-state index is 13.3. The number of rotatable bonds is 5. The maximum atomic E-state index is 13.3. The molecule has 0 saturated heterocycles. The first-order valence-electron chi connectivity index (χ1n) is 7.45. The van der Waals surface area contributed by atoms with Crippen LogP contribution < -0.4 is 5.32 Å². The summed E-state index contributed by atoms with van der Waals surface area (Å²) in [6.07, 6.45) is 0. The van der Waals surface area contributed by atoms with Crippen LogP contribution in [0.3, 0.4) is 0 Å². The van der Waals surface area contributed by atoms with Gasteiger partial charge in [0.2, 0.25) is 0 Å². The Hall–Kier alpha value is -2.81. The summed E-state index contributed by atoms with van der Waals surface area (Å²) in [5.74, 6) is -4.44. The van der Waals surface area contributed by atoms with Gasteiger partial charge in [-0.1, -0.05) is 0 Å². The van der Waals surface area contributed by atoms with Crippen LogP contribution in [0.1, 0.15) is 42.9 Å². The van der Waals surface area contributed by atoms with E-state index in [0.717, 1.165) is 29.5 Å². The Morgan fingerprint density at radius 1 is 1.15 bits per heavy atom. The van der Waals surface area contributed by atoms with Crippen LogP contribution in [-0.4, -0.2) is 31.6 Å². The Bertz CT molecular complexity index is 878. The molecule has 1 heterocycles.